The first kappa shape index (κ1) is 107. The largest absolute Gasteiger partial charge is 0.546 e. The number of esters is 1. The molecular formula is C92H151N5O23. The molecule has 6 aliphatic rings. The van der Waals surface area contributed by atoms with Crippen molar-refractivity contribution in [2.45, 2.75) is 327 Å². The SMILES string of the molecule is CCCCC[C@H](O)CC[C@@H]1[C@H]2Cc3cccc(OCC(=O)O)c3C[C@H]2C[C@H]1O.CCCCC[C@H](O)CC[C@@H]1[C@H]2Cc3cccc(OCC(=O)[O-])c3C[C@H]2C[C@H]1O.CCCCC[C@H](O)CC[C@@H]1[C@H]2Cc3cccc(OCC(=O)[O-])c3C[C@H]2C[C@H]1O.CCOC(C)=O.NCCCC[C@H](N)C(=O)O.N[C@@H](CCCC[NH3+])C(=O)O.[CH2+]CCCC[C@H](N)C(=O)O. The predicted molar refractivity (Wildman–Crippen MR) is 455 cm³/mol. The Balaban J connectivity index is 0.000000387. The van der Waals surface area contributed by atoms with Crippen LogP contribution in [0.4, 0.5) is 0 Å². The van der Waals surface area contributed by atoms with Crippen LogP contribution in [0, 0.1) is 60.2 Å². The van der Waals surface area contributed by atoms with Gasteiger partial charge in [0.15, 0.2) is 6.61 Å². The number of rotatable bonds is 46. The molecule has 0 aliphatic heterocycles. The molecule has 6 aliphatic carbocycles. The minimum absolute atomic E-state index is 0.211. The quantitative estimate of drug-likeness (QED) is 0.0146. The fraction of sp³-hybridized carbons (Fsp3) is 0.717. The van der Waals surface area contributed by atoms with E-state index in [4.69, 9.17) is 57.6 Å². The highest BCUT2D eigenvalue weighted by Crippen LogP contribution is 2.52. The van der Waals surface area contributed by atoms with Gasteiger partial charge in [-0.15, -0.1) is 0 Å². The molecule has 682 valence electrons. The summed E-state index contributed by atoms with van der Waals surface area (Å²) in [4.78, 5) is 72.6. The van der Waals surface area contributed by atoms with Gasteiger partial charge in [0.05, 0.1) is 75.1 Å². The first-order chi connectivity index (χ1) is 57.3. The van der Waals surface area contributed by atoms with Crippen molar-refractivity contribution in [3.8, 4) is 17.2 Å². The minimum Gasteiger partial charge on any atom is -0.546 e. The van der Waals surface area contributed by atoms with Gasteiger partial charge in [0.1, 0.15) is 48.6 Å². The third kappa shape index (κ3) is 40.4. The molecule has 28 heteroatoms. The van der Waals surface area contributed by atoms with E-state index in [2.05, 4.69) is 56.4 Å². The molecule has 3 aromatic carbocycles. The highest BCUT2D eigenvalue weighted by atomic mass is 16.5. The normalized spacial score (nSPS) is 22.6. The summed E-state index contributed by atoms with van der Waals surface area (Å²) < 4.78 is 20.8. The van der Waals surface area contributed by atoms with Crippen LogP contribution in [0.25, 0.3) is 0 Å². The Morgan fingerprint density at radius 2 is 0.758 bits per heavy atom. The third-order valence-corrected chi connectivity index (χ3v) is 24.3. The second-order valence-electron chi connectivity index (χ2n) is 33.5. The number of benzene rings is 3. The Morgan fingerprint density at radius 3 is 1.02 bits per heavy atom. The van der Waals surface area contributed by atoms with E-state index in [1.54, 1.807) is 6.92 Å². The standard InChI is InChI=1S/3C23H34O5.C7H13NO2.2C6H14N2O2.C4H8O2/c3*1-2-3-4-7-17(24)9-10-18-19-11-15-6-5-8-22(28-14-23(26)27)20(15)12-16(19)13-21(18)25;1-2-3-4-5-6(8)7(9)10;2*7-4-2-1-3-5(8)6(9)10;1-3-6-4(2)5/h3*5-6,8,16-19,21,24-25H,2-4,7,9-14H2,1H3,(H,26,27);6H,1-5,8H2;2*5H,1-4,7-8H2,(H,9,10);3H2,1-2H3/t3*16-,17-,18+,19-,21+;6-;2*5-;/m000000./s1. The zero-order valence-electron chi connectivity index (χ0n) is 72.5. The summed E-state index contributed by atoms with van der Waals surface area (Å²) in [6, 6.07) is 15.4. The van der Waals surface area contributed by atoms with Crippen molar-refractivity contribution in [1.82, 2.24) is 0 Å². The zero-order chi connectivity index (χ0) is 89.2. The summed E-state index contributed by atoms with van der Waals surface area (Å²) in [5, 5.41) is 118. The number of nitrogens with two attached hydrogens (primary N) is 4. The fourth-order valence-electron chi connectivity index (χ4n) is 17.9. The lowest BCUT2D eigenvalue weighted by Gasteiger charge is -2.32. The van der Waals surface area contributed by atoms with Crippen LogP contribution in [0.15, 0.2) is 54.6 Å². The maximum absolute atomic E-state index is 10.8. The van der Waals surface area contributed by atoms with E-state index in [9.17, 15) is 74.4 Å². The van der Waals surface area contributed by atoms with Crippen LogP contribution >= 0.6 is 0 Å². The topological polar surface area (TPSA) is 537 Å². The smallest absolute Gasteiger partial charge is 0.341 e. The number of hydrogen-bond donors (Lipinski definition) is 15. The molecule has 28 nitrogen and oxygen atoms in total. The second-order valence-corrected chi connectivity index (χ2v) is 33.5. The average Bonchev–Trinajstić information content (AvgIpc) is 1.62. The van der Waals surface area contributed by atoms with Crippen molar-refractivity contribution in [2.75, 3.05) is 39.5 Å². The second kappa shape index (κ2) is 60.3. The van der Waals surface area contributed by atoms with E-state index < -0.39 is 67.2 Å². The van der Waals surface area contributed by atoms with E-state index in [1.807, 2.05) is 36.4 Å². The molecular weight excluding hydrogens is 1540 g/mol. The number of carboxylic acid groups (broad SMARTS) is 6. The number of unbranched alkanes of at least 4 members (excludes halogenated alkanes) is 10. The molecule has 0 spiro atoms. The van der Waals surface area contributed by atoms with Gasteiger partial charge in [0.2, 0.25) is 0 Å². The van der Waals surface area contributed by atoms with Crippen molar-refractivity contribution in [3.63, 3.8) is 0 Å². The summed E-state index contributed by atoms with van der Waals surface area (Å²) in [6.07, 6.45) is 31.1. The summed E-state index contributed by atoms with van der Waals surface area (Å²) >= 11 is 0. The van der Waals surface area contributed by atoms with Crippen LogP contribution < -0.4 is 53.1 Å². The molecule has 3 saturated carbocycles. The molecule has 0 radical (unpaired) electrons. The van der Waals surface area contributed by atoms with Gasteiger partial charge < -0.3 is 118 Å². The maximum Gasteiger partial charge on any atom is 0.341 e. The van der Waals surface area contributed by atoms with Crippen molar-refractivity contribution < 1.29 is 120 Å². The van der Waals surface area contributed by atoms with E-state index in [-0.39, 0.29) is 67.0 Å². The number of hydrogen-bond acceptors (Lipinski definition) is 23. The lowest BCUT2D eigenvalue weighted by Crippen LogP contribution is -2.50. The van der Waals surface area contributed by atoms with Crippen LogP contribution in [0.3, 0.4) is 0 Å². The number of aliphatic hydroxyl groups excluding tert-OH is 6. The molecule has 0 amide bonds. The molecule has 120 heavy (non-hydrogen) atoms. The summed E-state index contributed by atoms with van der Waals surface area (Å²) in [5.41, 5.74) is 31.4. The van der Waals surface area contributed by atoms with Crippen LogP contribution in [-0.4, -0.2) is 187 Å². The Morgan fingerprint density at radius 1 is 0.450 bits per heavy atom. The molecule has 21 N–H and O–H groups in total. The van der Waals surface area contributed by atoms with Crippen molar-refractivity contribution in [3.05, 3.63) is 94.9 Å². The van der Waals surface area contributed by atoms with E-state index in [1.165, 1.54) is 23.6 Å². The van der Waals surface area contributed by atoms with Gasteiger partial charge in [-0.25, -0.2) is 4.79 Å². The predicted octanol–water partition coefficient (Wildman–Crippen LogP) is 7.78. The molecule has 0 heterocycles. The number of aliphatic hydroxyl groups is 6. The molecule has 3 aromatic rings. The van der Waals surface area contributed by atoms with E-state index in [0.29, 0.717) is 85.2 Å². The Kier molecular flexibility index (Phi) is 53.8. The fourth-order valence-corrected chi connectivity index (χ4v) is 17.9. The van der Waals surface area contributed by atoms with E-state index >= 15 is 0 Å². The minimum atomic E-state index is -1.22. The van der Waals surface area contributed by atoms with Gasteiger partial charge in [-0.05, 0) is 285 Å². The number of quaternary nitrogens is 1. The lowest BCUT2D eigenvalue weighted by molar-refractivity contribution is -0.368. The molecule has 0 saturated heterocycles. The first-order valence-corrected chi connectivity index (χ1v) is 44.6. The van der Waals surface area contributed by atoms with Gasteiger partial charge in [-0.2, -0.15) is 0 Å². The summed E-state index contributed by atoms with van der Waals surface area (Å²) in [5.74, 6) is -1.32. The summed E-state index contributed by atoms with van der Waals surface area (Å²) in [7, 11) is 0. The van der Waals surface area contributed by atoms with Crippen LogP contribution in [0.2, 0.25) is 0 Å². The summed E-state index contributed by atoms with van der Waals surface area (Å²) in [6.45, 7) is 14.0. The monoisotopic (exact) mass is 1690 g/mol. The highest BCUT2D eigenvalue weighted by Gasteiger charge is 2.48. The first-order valence-electron chi connectivity index (χ1n) is 44.6. The maximum atomic E-state index is 10.8. The third-order valence-electron chi connectivity index (χ3n) is 24.3. The number of carbonyl (C=O) groups is 7. The molecule has 0 aromatic heterocycles. The van der Waals surface area contributed by atoms with Crippen molar-refractivity contribution in [1.29, 1.82) is 0 Å². The van der Waals surface area contributed by atoms with Gasteiger partial charge in [0.25, 0.3) is 0 Å². The molecule has 9 rings (SSSR count). The number of fused-ring (bicyclic) bond motifs is 6. The molecule has 0 unspecified atom stereocenters. The lowest BCUT2D eigenvalue weighted by atomic mass is 9.73. The van der Waals surface area contributed by atoms with Gasteiger partial charge in [-0.1, -0.05) is 121 Å². The number of carboxylic acids is 6. The van der Waals surface area contributed by atoms with Crippen LogP contribution in [-0.2, 0) is 76.8 Å². The van der Waals surface area contributed by atoms with Crippen LogP contribution in [0.5, 0.6) is 17.2 Å². The van der Waals surface area contributed by atoms with Gasteiger partial charge >= 0.3 is 29.8 Å². The number of ether oxygens (including phenoxy) is 4. The van der Waals surface area contributed by atoms with Gasteiger partial charge in [0, 0.05) is 6.92 Å². The molecule has 0 bridgehead atoms. The molecule has 18 atom stereocenters. The zero-order valence-corrected chi connectivity index (χ0v) is 72.5. The van der Waals surface area contributed by atoms with Crippen molar-refractivity contribution >= 4 is 41.8 Å². The highest BCUT2D eigenvalue weighted by molar-refractivity contribution is 5.74. The number of aliphatic carboxylic acids is 6. The van der Waals surface area contributed by atoms with Crippen LogP contribution in [0.1, 0.15) is 267 Å². The number of carbonyl (C=O) groups excluding carboxylic acids is 3. The van der Waals surface area contributed by atoms with E-state index in [0.717, 1.165) is 242 Å². The van der Waals surface area contributed by atoms with Gasteiger partial charge in [-0.3, -0.25) is 19.2 Å². The average molecular weight is 1700 g/mol. The Hall–Kier alpha value is -7.22. The molecule has 3 fully saturated rings. The Labute approximate surface area is 712 Å². The Bertz CT molecular complexity index is 3070. The van der Waals surface area contributed by atoms with Crippen molar-refractivity contribution in [2.24, 2.45) is 76.2 Å².